The fourth-order valence-corrected chi connectivity index (χ4v) is 3.18. The first-order valence-corrected chi connectivity index (χ1v) is 7.21. The number of rotatable bonds is 3. The maximum atomic E-state index is 13.6. The van der Waals surface area contributed by atoms with Gasteiger partial charge < -0.3 is 11.1 Å². The normalized spacial score (nSPS) is 20.1. The minimum absolute atomic E-state index is 0.117. The molecule has 1 fully saturated rings. The monoisotopic (exact) mass is 287 g/mol. The van der Waals surface area contributed by atoms with Crippen LogP contribution in [0.2, 0.25) is 0 Å². The summed E-state index contributed by atoms with van der Waals surface area (Å²) in [4.78, 5) is 10.5. The molecule has 0 radical (unpaired) electrons. The number of carbonyl (C=O) groups is 1. The predicted octanol–water partition coefficient (Wildman–Crippen LogP) is -0.0352. The highest BCUT2D eigenvalue weighted by molar-refractivity contribution is 7.89. The number of nitrogen functional groups attached to an aromatic ring is 1. The van der Waals surface area contributed by atoms with Crippen molar-refractivity contribution >= 4 is 21.6 Å². The molecule has 1 aromatic rings. The van der Waals surface area contributed by atoms with Crippen molar-refractivity contribution in [2.75, 3.05) is 12.3 Å². The Kier molecular flexibility index (Phi) is 3.72. The smallest absolute Gasteiger partial charge is 0.243 e. The lowest BCUT2D eigenvalue weighted by Crippen LogP contribution is -2.47. The van der Waals surface area contributed by atoms with Crippen molar-refractivity contribution in [3.8, 4) is 0 Å². The molecular formula is C11H14FN3O3S. The molecule has 8 heteroatoms. The van der Waals surface area contributed by atoms with E-state index in [-0.39, 0.29) is 24.6 Å². The first-order valence-electron chi connectivity index (χ1n) is 5.72. The third-order valence-corrected chi connectivity index (χ3v) is 4.39. The molecule has 0 saturated carbocycles. The van der Waals surface area contributed by atoms with Gasteiger partial charge in [0.25, 0.3) is 0 Å². The van der Waals surface area contributed by atoms with Crippen molar-refractivity contribution in [3.05, 3.63) is 24.0 Å². The Bertz CT molecular complexity index is 593. The quantitative estimate of drug-likeness (QED) is 0.679. The SMILES string of the molecule is Nc1ccc(S(=O)(=O)NC2CCC(=O)NC2)c(F)c1. The van der Waals surface area contributed by atoms with Crippen LogP contribution in [0.25, 0.3) is 0 Å². The summed E-state index contributed by atoms with van der Waals surface area (Å²) in [6, 6.07) is 2.96. The summed E-state index contributed by atoms with van der Waals surface area (Å²) in [6.45, 7) is 0.203. The number of halogens is 1. The zero-order valence-corrected chi connectivity index (χ0v) is 10.8. The Balaban J connectivity index is 2.16. The van der Waals surface area contributed by atoms with E-state index in [0.717, 1.165) is 12.1 Å². The summed E-state index contributed by atoms with van der Waals surface area (Å²) in [6.07, 6.45) is 0.638. The number of hydrogen-bond donors (Lipinski definition) is 3. The van der Waals surface area contributed by atoms with E-state index in [2.05, 4.69) is 10.0 Å². The van der Waals surface area contributed by atoms with E-state index in [1.54, 1.807) is 0 Å². The van der Waals surface area contributed by atoms with Gasteiger partial charge in [-0.15, -0.1) is 0 Å². The minimum atomic E-state index is -3.96. The summed E-state index contributed by atoms with van der Waals surface area (Å²) in [5.74, 6) is -1.01. The molecule has 1 aliphatic rings. The molecule has 1 heterocycles. The molecule has 4 N–H and O–H groups in total. The number of carbonyl (C=O) groups excluding carboxylic acids is 1. The highest BCUT2D eigenvalue weighted by Crippen LogP contribution is 2.18. The largest absolute Gasteiger partial charge is 0.399 e. The van der Waals surface area contributed by atoms with Crippen LogP contribution < -0.4 is 15.8 Å². The van der Waals surface area contributed by atoms with Crippen LogP contribution in [0, 0.1) is 5.82 Å². The molecule has 1 saturated heterocycles. The van der Waals surface area contributed by atoms with Gasteiger partial charge in [0.2, 0.25) is 15.9 Å². The second-order valence-electron chi connectivity index (χ2n) is 4.35. The third kappa shape index (κ3) is 3.21. The topological polar surface area (TPSA) is 101 Å². The number of hydrogen-bond acceptors (Lipinski definition) is 4. The van der Waals surface area contributed by atoms with Gasteiger partial charge in [-0.1, -0.05) is 0 Å². The number of benzene rings is 1. The van der Waals surface area contributed by atoms with Gasteiger partial charge in [-0.05, 0) is 24.6 Å². The summed E-state index contributed by atoms with van der Waals surface area (Å²) in [7, 11) is -3.96. The lowest BCUT2D eigenvalue weighted by Gasteiger charge is -2.23. The Morgan fingerprint density at radius 1 is 1.42 bits per heavy atom. The molecule has 1 unspecified atom stereocenters. The Morgan fingerprint density at radius 3 is 2.74 bits per heavy atom. The first-order chi connectivity index (χ1) is 8.88. The predicted molar refractivity (Wildman–Crippen MR) is 67.2 cm³/mol. The van der Waals surface area contributed by atoms with Crippen LogP contribution in [-0.2, 0) is 14.8 Å². The number of amides is 1. The first kappa shape index (κ1) is 13.8. The molecular weight excluding hydrogens is 273 g/mol. The average molecular weight is 287 g/mol. The van der Waals surface area contributed by atoms with E-state index in [9.17, 15) is 17.6 Å². The van der Waals surface area contributed by atoms with E-state index >= 15 is 0 Å². The minimum Gasteiger partial charge on any atom is -0.399 e. The standard InChI is InChI=1S/C11H14FN3O3S/c12-9-5-7(13)1-3-10(9)19(17,18)15-8-2-4-11(16)14-6-8/h1,3,5,8,15H,2,4,6,13H2,(H,14,16). The molecule has 0 bridgehead atoms. The molecule has 104 valence electrons. The maximum absolute atomic E-state index is 13.6. The molecule has 6 nitrogen and oxygen atoms in total. The zero-order valence-electron chi connectivity index (χ0n) is 10.0. The van der Waals surface area contributed by atoms with Crippen molar-refractivity contribution in [1.82, 2.24) is 10.0 Å². The van der Waals surface area contributed by atoms with Crippen molar-refractivity contribution in [3.63, 3.8) is 0 Å². The molecule has 2 rings (SSSR count). The Hall–Kier alpha value is -1.67. The maximum Gasteiger partial charge on any atom is 0.243 e. The highest BCUT2D eigenvalue weighted by atomic mass is 32.2. The molecule has 0 spiro atoms. The van der Waals surface area contributed by atoms with Gasteiger partial charge in [-0.3, -0.25) is 4.79 Å². The summed E-state index contributed by atoms with van der Waals surface area (Å²) >= 11 is 0. The fourth-order valence-electron chi connectivity index (χ4n) is 1.85. The van der Waals surface area contributed by atoms with Crippen LogP contribution in [0.5, 0.6) is 0 Å². The molecule has 1 aromatic carbocycles. The zero-order chi connectivity index (χ0) is 14.0. The van der Waals surface area contributed by atoms with Crippen LogP contribution >= 0.6 is 0 Å². The Morgan fingerprint density at radius 2 is 2.16 bits per heavy atom. The van der Waals surface area contributed by atoms with Gasteiger partial charge in [0.1, 0.15) is 10.7 Å². The van der Waals surface area contributed by atoms with E-state index in [0.29, 0.717) is 6.42 Å². The lowest BCUT2D eigenvalue weighted by atomic mass is 10.1. The van der Waals surface area contributed by atoms with Crippen molar-refractivity contribution in [2.24, 2.45) is 0 Å². The number of nitrogens with one attached hydrogen (secondary N) is 2. The van der Waals surface area contributed by atoms with Crippen LogP contribution in [0.1, 0.15) is 12.8 Å². The average Bonchev–Trinajstić information content (AvgIpc) is 2.31. The van der Waals surface area contributed by atoms with Crippen molar-refractivity contribution in [2.45, 2.75) is 23.8 Å². The van der Waals surface area contributed by atoms with E-state index in [1.807, 2.05) is 0 Å². The van der Waals surface area contributed by atoms with Crippen LogP contribution in [0.4, 0.5) is 10.1 Å². The van der Waals surface area contributed by atoms with Gasteiger partial charge in [0, 0.05) is 24.7 Å². The van der Waals surface area contributed by atoms with Crippen molar-refractivity contribution < 1.29 is 17.6 Å². The highest BCUT2D eigenvalue weighted by Gasteiger charge is 2.26. The van der Waals surface area contributed by atoms with Gasteiger partial charge in [0.15, 0.2) is 0 Å². The van der Waals surface area contributed by atoms with Crippen molar-refractivity contribution in [1.29, 1.82) is 0 Å². The van der Waals surface area contributed by atoms with E-state index in [4.69, 9.17) is 5.73 Å². The second kappa shape index (κ2) is 5.14. The van der Waals surface area contributed by atoms with Gasteiger partial charge in [0.05, 0.1) is 0 Å². The fraction of sp³-hybridized carbons (Fsp3) is 0.364. The van der Waals surface area contributed by atoms with Crippen LogP contribution in [0.15, 0.2) is 23.1 Å². The van der Waals surface area contributed by atoms with E-state index in [1.165, 1.54) is 6.07 Å². The Labute approximate surface area is 110 Å². The molecule has 1 atom stereocenters. The third-order valence-electron chi connectivity index (χ3n) is 2.83. The molecule has 19 heavy (non-hydrogen) atoms. The summed E-state index contributed by atoms with van der Waals surface area (Å²) in [5, 5.41) is 2.55. The number of anilines is 1. The van der Waals surface area contributed by atoms with E-state index < -0.39 is 26.8 Å². The second-order valence-corrected chi connectivity index (χ2v) is 6.03. The van der Waals surface area contributed by atoms with Gasteiger partial charge >= 0.3 is 0 Å². The number of piperidine rings is 1. The number of sulfonamides is 1. The van der Waals surface area contributed by atoms with Crippen LogP contribution in [0.3, 0.4) is 0 Å². The molecule has 1 aliphatic heterocycles. The number of nitrogens with two attached hydrogens (primary N) is 1. The summed E-state index contributed by atoms with van der Waals surface area (Å²) < 4.78 is 40.0. The molecule has 0 aromatic heterocycles. The lowest BCUT2D eigenvalue weighted by molar-refractivity contribution is -0.122. The summed E-state index contributed by atoms with van der Waals surface area (Å²) in [5.41, 5.74) is 5.52. The molecule has 0 aliphatic carbocycles. The van der Waals surface area contributed by atoms with Gasteiger partial charge in [-0.25, -0.2) is 17.5 Å². The van der Waals surface area contributed by atoms with Gasteiger partial charge in [-0.2, -0.15) is 0 Å². The van der Waals surface area contributed by atoms with Crippen LogP contribution in [-0.4, -0.2) is 26.9 Å². The molecule has 1 amide bonds.